The summed E-state index contributed by atoms with van der Waals surface area (Å²) in [5.41, 5.74) is 1.42. The molecular formula is C24H18ClF4N9O3. The molecule has 1 amide bonds. The van der Waals surface area contributed by atoms with Gasteiger partial charge < -0.3 is 14.7 Å². The molecule has 12 nitrogen and oxygen atoms in total. The van der Waals surface area contributed by atoms with Crippen molar-refractivity contribution in [1.29, 1.82) is 5.26 Å². The van der Waals surface area contributed by atoms with Gasteiger partial charge in [-0.05, 0) is 12.5 Å². The summed E-state index contributed by atoms with van der Waals surface area (Å²) in [6, 6.07) is 4.19. The molecule has 0 aliphatic carbocycles. The van der Waals surface area contributed by atoms with Gasteiger partial charge in [-0.2, -0.15) is 23.5 Å². The first kappa shape index (κ1) is 27.8. The van der Waals surface area contributed by atoms with Crippen molar-refractivity contribution < 1.29 is 32.0 Å². The average molecular weight is 592 g/mol. The summed E-state index contributed by atoms with van der Waals surface area (Å²) in [5.74, 6) is -4.26. The Kier molecular flexibility index (Phi) is 7.45. The Morgan fingerprint density at radius 3 is 2.93 bits per heavy atom. The Hall–Kier alpha value is -4.78. The first-order valence-corrected chi connectivity index (χ1v) is 12.3. The van der Waals surface area contributed by atoms with Crippen LogP contribution in [0, 0.1) is 23.1 Å². The molecule has 17 heteroatoms. The van der Waals surface area contributed by atoms with Gasteiger partial charge in [-0.3, -0.25) is 9.48 Å². The van der Waals surface area contributed by atoms with Crippen LogP contribution in [0.1, 0.15) is 18.9 Å². The molecule has 1 aliphatic rings. The SMILES string of the molecule is N#CCC([C@H]1CCN(c2nc(Cl)c(F)cc2N(C=O)OC(=O)C(F)(F)F)C1)n1cc(-c2ncnc3[nH]ccc23)cn1. The maximum atomic E-state index is 14.3. The molecule has 1 fully saturated rings. The van der Waals surface area contributed by atoms with E-state index in [-0.39, 0.29) is 42.7 Å². The van der Waals surface area contributed by atoms with Gasteiger partial charge in [-0.15, -0.1) is 5.06 Å². The van der Waals surface area contributed by atoms with Crippen molar-refractivity contribution in [2.75, 3.05) is 23.1 Å². The number of fused-ring (bicyclic) bond motifs is 1. The third-order valence-electron chi connectivity index (χ3n) is 6.58. The Bertz CT molecular complexity index is 1650. The van der Waals surface area contributed by atoms with Crippen LogP contribution in [-0.2, 0) is 14.4 Å². The lowest BCUT2D eigenvalue weighted by atomic mass is 9.96. The molecule has 0 radical (unpaired) electrons. The number of amides is 1. The number of rotatable bonds is 8. The number of hydrogen-bond acceptors (Lipinski definition) is 9. The third kappa shape index (κ3) is 5.48. The number of nitrogens with zero attached hydrogens (tertiary/aromatic N) is 8. The number of hydroxylamine groups is 1. The molecule has 1 N–H and O–H groups in total. The molecule has 1 aliphatic heterocycles. The number of pyridine rings is 1. The summed E-state index contributed by atoms with van der Waals surface area (Å²) in [7, 11) is 0. The minimum Gasteiger partial charge on any atom is -0.354 e. The normalized spacial score (nSPS) is 16.0. The van der Waals surface area contributed by atoms with Crippen molar-refractivity contribution in [3.05, 3.63) is 48.0 Å². The number of alkyl halides is 3. The summed E-state index contributed by atoms with van der Waals surface area (Å²) < 4.78 is 54.2. The van der Waals surface area contributed by atoms with Gasteiger partial charge in [-0.25, -0.2) is 24.1 Å². The van der Waals surface area contributed by atoms with Gasteiger partial charge in [0.1, 0.15) is 17.7 Å². The maximum Gasteiger partial charge on any atom is 0.493 e. The second kappa shape index (κ2) is 11.0. The standard InChI is InChI=1S/C24H18ClF4N9O3/c25-20-16(26)7-18(38(12-39)41-23(40)24(27,28)29)22(35-20)36-6-3-13(9-36)17(1-4-30)37-10-14(8-34-37)19-15-2-5-31-21(15)33-11-32-19/h2,5,7-8,10-13,17H,1,3,6,9H2,(H,31,32,33)/t13-,17?/m0/s1. The summed E-state index contributed by atoms with van der Waals surface area (Å²) in [4.78, 5) is 44.1. The van der Waals surface area contributed by atoms with E-state index in [2.05, 4.69) is 35.9 Å². The molecule has 4 aromatic heterocycles. The number of nitrogens with one attached hydrogen (secondary N) is 1. The Labute approximate surface area is 233 Å². The monoisotopic (exact) mass is 591 g/mol. The number of halogens is 5. The summed E-state index contributed by atoms with van der Waals surface area (Å²) >= 11 is 5.85. The first-order valence-electron chi connectivity index (χ1n) is 11.9. The topological polar surface area (TPSA) is 146 Å². The van der Waals surface area contributed by atoms with E-state index in [4.69, 9.17) is 11.6 Å². The lowest BCUT2D eigenvalue weighted by Crippen LogP contribution is -2.35. The van der Waals surface area contributed by atoms with Gasteiger partial charge in [0.05, 0.1) is 30.4 Å². The molecule has 0 aromatic carbocycles. The number of carbonyl (C=O) groups is 2. The predicted molar refractivity (Wildman–Crippen MR) is 135 cm³/mol. The van der Waals surface area contributed by atoms with Crippen molar-refractivity contribution in [3.63, 3.8) is 0 Å². The molecule has 0 saturated carbocycles. The van der Waals surface area contributed by atoms with Crippen molar-refractivity contribution in [1.82, 2.24) is 29.7 Å². The highest BCUT2D eigenvalue weighted by Crippen LogP contribution is 2.38. The number of carbonyl (C=O) groups excluding carboxylic acids is 2. The quantitative estimate of drug-likeness (QED) is 0.139. The van der Waals surface area contributed by atoms with Crippen LogP contribution in [0.15, 0.2) is 37.1 Å². The van der Waals surface area contributed by atoms with E-state index >= 15 is 0 Å². The Balaban J connectivity index is 1.42. The van der Waals surface area contributed by atoms with Crippen LogP contribution in [0.25, 0.3) is 22.3 Å². The Morgan fingerprint density at radius 2 is 2.20 bits per heavy atom. The van der Waals surface area contributed by atoms with Crippen molar-refractivity contribution >= 4 is 46.5 Å². The molecule has 5 heterocycles. The summed E-state index contributed by atoms with van der Waals surface area (Å²) in [5, 5.41) is 14.1. The Morgan fingerprint density at radius 1 is 1.39 bits per heavy atom. The fourth-order valence-electron chi connectivity index (χ4n) is 4.72. The van der Waals surface area contributed by atoms with Gasteiger partial charge in [0, 0.05) is 48.4 Å². The lowest BCUT2D eigenvalue weighted by Gasteiger charge is -2.26. The van der Waals surface area contributed by atoms with Gasteiger partial charge in [0.15, 0.2) is 16.8 Å². The zero-order valence-corrected chi connectivity index (χ0v) is 21.5. The van der Waals surface area contributed by atoms with Gasteiger partial charge in [0.25, 0.3) is 0 Å². The second-order valence-corrected chi connectivity index (χ2v) is 9.37. The molecule has 212 valence electrons. The number of anilines is 2. The highest BCUT2D eigenvalue weighted by Gasteiger charge is 2.43. The predicted octanol–water partition coefficient (Wildman–Crippen LogP) is 3.97. The van der Waals surface area contributed by atoms with Crippen LogP contribution in [-0.4, -0.2) is 61.4 Å². The van der Waals surface area contributed by atoms with Crippen molar-refractivity contribution in [2.45, 2.75) is 25.1 Å². The number of hydrogen-bond donors (Lipinski definition) is 1. The van der Waals surface area contributed by atoms with Crippen LogP contribution in [0.3, 0.4) is 0 Å². The zero-order chi connectivity index (χ0) is 29.3. The molecule has 0 bridgehead atoms. The van der Waals surface area contributed by atoms with Crippen LogP contribution < -0.4 is 9.96 Å². The number of nitriles is 1. The van der Waals surface area contributed by atoms with Crippen LogP contribution >= 0.6 is 11.6 Å². The minimum atomic E-state index is -5.41. The van der Waals surface area contributed by atoms with E-state index in [1.165, 1.54) is 6.33 Å². The highest BCUT2D eigenvalue weighted by molar-refractivity contribution is 6.29. The number of aromatic amines is 1. The molecule has 1 unspecified atom stereocenters. The second-order valence-electron chi connectivity index (χ2n) is 9.01. The van der Waals surface area contributed by atoms with E-state index in [1.54, 1.807) is 28.2 Å². The molecule has 0 spiro atoms. The fourth-order valence-corrected chi connectivity index (χ4v) is 4.85. The molecule has 5 rings (SSSR count). The smallest absolute Gasteiger partial charge is 0.354 e. The fraction of sp³-hybridized carbons (Fsp3) is 0.292. The molecule has 2 atom stereocenters. The lowest BCUT2D eigenvalue weighted by molar-refractivity contribution is -0.201. The average Bonchev–Trinajstić information content (AvgIpc) is 3.72. The van der Waals surface area contributed by atoms with Crippen LogP contribution in [0.4, 0.5) is 29.1 Å². The van der Waals surface area contributed by atoms with Crippen molar-refractivity contribution in [2.24, 2.45) is 5.92 Å². The summed E-state index contributed by atoms with van der Waals surface area (Å²) in [6.45, 7) is 0.428. The highest BCUT2D eigenvalue weighted by atomic mass is 35.5. The zero-order valence-electron chi connectivity index (χ0n) is 20.7. The van der Waals surface area contributed by atoms with Gasteiger partial charge in [0.2, 0.25) is 6.41 Å². The van der Waals surface area contributed by atoms with Gasteiger partial charge in [-0.1, -0.05) is 11.6 Å². The number of H-pyrrole nitrogens is 1. The molecular weight excluding hydrogens is 574 g/mol. The van der Waals surface area contributed by atoms with Crippen molar-refractivity contribution in [3.8, 4) is 17.3 Å². The van der Waals surface area contributed by atoms with E-state index in [0.717, 1.165) is 5.39 Å². The molecule has 41 heavy (non-hydrogen) atoms. The van der Waals surface area contributed by atoms with E-state index in [9.17, 15) is 32.4 Å². The van der Waals surface area contributed by atoms with E-state index < -0.39 is 34.8 Å². The van der Waals surface area contributed by atoms with Crippen LogP contribution in [0.2, 0.25) is 5.15 Å². The van der Waals surface area contributed by atoms with Crippen LogP contribution in [0.5, 0.6) is 0 Å². The molecule has 1 saturated heterocycles. The van der Waals surface area contributed by atoms with E-state index in [0.29, 0.717) is 29.4 Å². The molecule has 4 aromatic rings. The van der Waals surface area contributed by atoms with E-state index in [1.807, 2.05) is 6.07 Å². The minimum absolute atomic E-state index is 0.0547. The largest absolute Gasteiger partial charge is 0.493 e. The third-order valence-corrected chi connectivity index (χ3v) is 6.84. The van der Waals surface area contributed by atoms with Gasteiger partial charge >= 0.3 is 12.1 Å². The maximum absolute atomic E-state index is 14.3. The first-order chi connectivity index (χ1) is 19.6. The number of aromatic nitrogens is 6. The summed E-state index contributed by atoms with van der Waals surface area (Å²) in [6.07, 6.45) is 1.42.